The molecule has 1 aromatic rings. The molecule has 0 aliphatic rings. The van der Waals surface area contributed by atoms with Crippen LogP contribution in [0.25, 0.3) is 0 Å². The number of nitrogens with two attached hydrogens (primary N) is 1. The minimum Gasteiger partial charge on any atom is -0.327 e. The van der Waals surface area contributed by atoms with Crippen LogP contribution < -0.4 is 5.73 Å². The summed E-state index contributed by atoms with van der Waals surface area (Å²) in [6.45, 7) is 4.36. The highest BCUT2D eigenvalue weighted by Crippen LogP contribution is 2.20. The van der Waals surface area contributed by atoms with Gasteiger partial charge in [0, 0.05) is 10.5 Å². The van der Waals surface area contributed by atoms with E-state index in [2.05, 4.69) is 48.0 Å². The predicted octanol–water partition coefficient (Wildman–Crippen LogP) is 3.37. The van der Waals surface area contributed by atoms with Gasteiger partial charge < -0.3 is 5.73 Å². The van der Waals surface area contributed by atoms with Gasteiger partial charge in [-0.25, -0.2) is 0 Å². The molecule has 0 radical (unpaired) electrons. The molecular formula is C12H18BrN. The number of benzene rings is 1. The van der Waals surface area contributed by atoms with Crippen LogP contribution in [0.15, 0.2) is 28.7 Å². The zero-order chi connectivity index (χ0) is 10.6. The van der Waals surface area contributed by atoms with E-state index < -0.39 is 0 Å². The fourth-order valence-electron chi connectivity index (χ4n) is 1.56. The van der Waals surface area contributed by atoms with E-state index in [4.69, 9.17) is 5.73 Å². The first-order chi connectivity index (χ1) is 6.65. The average molecular weight is 256 g/mol. The fraction of sp³-hybridized carbons (Fsp3) is 0.500. The standard InChI is InChI=1S/C12H18BrN/c1-3-12(14)9(2)8-10-6-4-5-7-11(10)13/h4-7,9,12H,3,8,14H2,1-2H3. The van der Waals surface area contributed by atoms with Crippen molar-refractivity contribution < 1.29 is 0 Å². The van der Waals surface area contributed by atoms with Crippen LogP contribution in [0.5, 0.6) is 0 Å². The van der Waals surface area contributed by atoms with Crippen LogP contribution in [0, 0.1) is 5.92 Å². The van der Waals surface area contributed by atoms with E-state index >= 15 is 0 Å². The molecule has 2 heteroatoms. The molecule has 0 bridgehead atoms. The van der Waals surface area contributed by atoms with E-state index in [1.165, 1.54) is 10.0 Å². The molecule has 0 aliphatic carbocycles. The summed E-state index contributed by atoms with van der Waals surface area (Å²) in [4.78, 5) is 0. The van der Waals surface area contributed by atoms with E-state index in [1.54, 1.807) is 0 Å². The Labute approximate surface area is 94.8 Å². The molecule has 2 N–H and O–H groups in total. The number of hydrogen-bond donors (Lipinski definition) is 1. The zero-order valence-electron chi connectivity index (χ0n) is 8.83. The minimum absolute atomic E-state index is 0.308. The molecule has 0 heterocycles. The van der Waals surface area contributed by atoms with Crippen molar-refractivity contribution in [1.82, 2.24) is 0 Å². The SMILES string of the molecule is CCC(N)C(C)Cc1ccccc1Br. The van der Waals surface area contributed by atoms with Gasteiger partial charge in [-0.3, -0.25) is 0 Å². The van der Waals surface area contributed by atoms with Crippen LogP contribution in [-0.2, 0) is 6.42 Å². The lowest BCUT2D eigenvalue weighted by atomic mass is 9.93. The topological polar surface area (TPSA) is 26.0 Å². The average Bonchev–Trinajstić information content (AvgIpc) is 2.20. The highest BCUT2D eigenvalue weighted by Gasteiger charge is 2.12. The molecule has 2 unspecified atom stereocenters. The fourth-order valence-corrected chi connectivity index (χ4v) is 2.01. The Bertz CT molecular complexity index is 285. The van der Waals surface area contributed by atoms with Gasteiger partial charge in [-0.1, -0.05) is 48.0 Å². The van der Waals surface area contributed by atoms with Crippen LogP contribution in [0.1, 0.15) is 25.8 Å². The molecule has 0 saturated heterocycles. The molecular weight excluding hydrogens is 238 g/mol. The predicted molar refractivity (Wildman–Crippen MR) is 65.3 cm³/mol. The first-order valence-electron chi connectivity index (χ1n) is 5.14. The van der Waals surface area contributed by atoms with Gasteiger partial charge in [0.2, 0.25) is 0 Å². The summed E-state index contributed by atoms with van der Waals surface area (Å²) in [6.07, 6.45) is 2.10. The summed E-state index contributed by atoms with van der Waals surface area (Å²) < 4.78 is 1.19. The summed E-state index contributed by atoms with van der Waals surface area (Å²) >= 11 is 3.55. The summed E-state index contributed by atoms with van der Waals surface area (Å²) in [5.74, 6) is 0.540. The van der Waals surface area contributed by atoms with Crippen molar-refractivity contribution in [2.45, 2.75) is 32.7 Å². The maximum atomic E-state index is 6.00. The van der Waals surface area contributed by atoms with Crippen molar-refractivity contribution in [3.63, 3.8) is 0 Å². The summed E-state index contributed by atoms with van der Waals surface area (Å²) in [5, 5.41) is 0. The first kappa shape index (κ1) is 11.7. The Balaban J connectivity index is 2.64. The monoisotopic (exact) mass is 255 g/mol. The summed E-state index contributed by atoms with van der Waals surface area (Å²) in [7, 11) is 0. The van der Waals surface area contributed by atoms with Crippen LogP contribution in [0.4, 0.5) is 0 Å². The molecule has 1 aromatic carbocycles. The Kier molecular flexibility index (Phi) is 4.63. The van der Waals surface area contributed by atoms with Gasteiger partial charge in [-0.2, -0.15) is 0 Å². The number of hydrogen-bond acceptors (Lipinski definition) is 1. The van der Waals surface area contributed by atoms with E-state index in [-0.39, 0.29) is 0 Å². The lowest BCUT2D eigenvalue weighted by Gasteiger charge is -2.18. The smallest absolute Gasteiger partial charge is 0.0207 e. The van der Waals surface area contributed by atoms with Crippen LogP contribution in [-0.4, -0.2) is 6.04 Å². The van der Waals surface area contributed by atoms with Crippen molar-refractivity contribution in [3.8, 4) is 0 Å². The third-order valence-corrected chi connectivity index (χ3v) is 3.48. The second-order valence-electron chi connectivity index (χ2n) is 3.84. The van der Waals surface area contributed by atoms with Crippen molar-refractivity contribution in [2.24, 2.45) is 11.7 Å². The van der Waals surface area contributed by atoms with Gasteiger partial charge in [-0.05, 0) is 30.4 Å². The van der Waals surface area contributed by atoms with Gasteiger partial charge in [-0.15, -0.1) is 0 Å². The normalized spacial score (nSPS) is 15.1. The van der Waals surface area contributed by atoms with Gasteiger partial charge in [0.15, 0.2) is 0 Å². The highest BCUT2D eigenvalue weighted by atomic mass is 79.9. The largest absolute Gasteiger partial charge is 0.327 e. The first-order valence-corrected chi connectivity index (χ1v) is 5.93. The van der Waals surface area contributed by atoms with Crippen LogP contribution in [0.3, 0.4) is 0 Å². The van der Waals surface area contributed by atoms with Crippen LogP contribution in [0.2, 0.25) is 0 Å². The lowest BCUT2D eigenvalue weighted by molar-refractivity contribution is 0.442. The molecule has 0 fully saturated rings. The maximum Gasteiger partial charge on any atom is 0.0207 e. The molecule has 0 aromatic heterocycles. The zero-order valence-corrected chi connectivity index (χ0v) is 10.4. The molecule has 0 saturated carbocycles. The molecule has 2 atom stereocenters. The van der Waals surface area contributed by atoms with Crippen molar-refractivity contribution in [2.75, 3.05) is 0 Å². The minimum atomic E-state index is 0.308. The maximum absolute atomic E-state index is 6.00. The second kappa shape index (κ2) is 5.52. The van der Waals surface area contributed by atoms with Crippen LogP contribution >= 0.6 is 15.9 Å². The molecule has 0 aliphatic heterocycles. The summed E-state index contributed by atoms with van der Waals surface area (Å²) in [6, 6.07) is 8.66. The van der Waals surface area contributed by atoms with E-state index in [1.807, 2.05) is 6.07 Å². The molecule has 1 rings (SSSR count). The third-order valence-electron chi connectivity index (χ3n) is 2.70. The highest BCUT2D eigenvalue weighted by molar-refractivity contribution is 9.10. The third kappa shape index (κ3) is 3.10. The Morgan fingerprint density at radius 2 is 2.00 bits per heavy atom. The molecule has 78 valence electrons. The molecule has 14 heavy (non-hydrogen) atoms. The van der Waals surface area contributed by atoms with Crippen molar-refractivity contribution >= 4 is 15.9 Å². The molecule has 0 spiro atoms. The number of rotatable bonds is 4. The summed E-state index contributed by atoms with van der Waals surface area (Å²) in [5.41, 5.74) is 7.35. The second-order valence-corrected chi connectivity index (χ2v) is 4.70. The quantitative estimate of drug-likeness (QED) is 0.878. The van der Waals surface area contributed by atoms with Gasteiger partial charge >= 0.3 is 0 Å². The van der Waals surface area contributed by atoms with Crippen molar-refractivity contribution in [1.29, 1.82) is 0 Å². The lowest BCUT2D eigenvalue weighted by Crippen LogP contribution is -2.28. The molecule has 1 nitrogen and oxygen atoms in total. The van der Waals surface area contributed by atoms with E-state index in [0.717, 1.165) is 12.8 Å². The number of halogens is 1. The Morgan fingerprint density at radius 1 is 1.36 bits per heavy atom. The van der Waals surface area contributed by atoms with E-state index in [9.17, 15) is 0 Å². The van der Waals surface area contributed by atoms with Gasteiger partial charge in [0.25, 0.3) is 0 Å². The Morgan fingerprint density at radius 3 is 2.57 bits per heavy atom. The Hall–Kier alpha value is -0.340. The molecule has 0 amide bonds. The van der Waals surface area contributed by atoms with Crippen molar-refractivity contribution in [3.05, 3.63) is 34.3 Å². The van der Waals surface area contributed by atoms with Gasteiger partial charge in [0.1, 0.15) is 0 Å². The van der Waals surface area contributed by atoms with E-state index in [0.29, 0.717) is 12.0 Å². The van der Waals surface area contributed by atoms with Gasteiger partial charge in [0.05, 0.1) is 0 Å².